The Morgan fingerprint density at radius 2 is 1.52 bits per heavy atom. The van der Waals surface area contributed by atoms with E-state index in [1.165, 1.54) is 11.1 Å². The van der Waals surface area contributed by atoms with Gasteiger partial charge >= 0.3 is 0 Å². The van der Waals surface area contributed by atoms with Gasteiger partial charge in [0.25, 0.3) is 0 Å². The SMILES string of the molecule is CC.C[C@H](O)[C@@H]1CN(Cc2ccccc2)C[C@H]1c1ccccc1. The van der Waals surface area contributed by atoms with Gasteiger partial charge in [0.1, 0.15) is 0 Å². The van der Waals surface area contributed by atoms with E-state index in [9.17, 15) is 5.11 Å². The predicted octanol–water partition coefficient (Wildman–Crippen LogP) is 4.31. The Balaban J connectivity index is 0.000000924. The number of nitrogens with zero attached hydrogens (tertiary/aromatic N) is 1. The van der Waals surface area contributed by atoms with Gasteiger partial charge in [-0.2, -0.15) is 0 Å². The monoisotopic (exact) mass is 311 g/mol. The molecule has 0 unspecified atom stereocenters. The lowest BCUT2D eigenvalue weighted by atomic mass is 9.86. The predicted molar refractivity (Wildman–Crippen MR) is 97.4 cm³/mol. The quantitative estimate of drug-likeness (QED) is 0.909. The van der Waals surface area contributed by atoms with Crippen LogP contribution in [0.5, 0.6) is 0 Å². The molecule has 1 fully saturated rings. The second kappa shape index (κ2) is 8.85. The van der Waals surface area contributed by atoms with Crippen molar-refractivity contribution in [3.63, 3.8) is 0 Å². The average molecular weight is 311 g/mol. The molecule has 0 aromatic heterocycles. The molecular formula is C21H29NO. The zero-order valence-corrected chi connectivity index (χ0v) is 14.5. The molecule has 2 heteroatoms. The summed E-state index contributed by atoms with van der Waals surface area (Å²) in [4.78, 5) is 2.46. The van der Waals surface area contributed by atoms with Gasteiger partial charge in [0.2, 0.25) is 0 Å². The van der Waals surface area contributed by atoms with Gasteiger partial charge in [-0.15, -0.1) is 0 Å². The number of hydrogen-bond donors (Lipinski definition) is 1. The highest BCUT2D eigenvalue weighted by atomic mass is 16.3. The number of likely N-dealkylation sites (tertiary alicyclic amines) is 1. The van der Waals surface area contributed by atoms with E-state index < -0.39 is 0 Å². The summed E-state index contributed by atoms with van der Waals surface area (Å²) in [6.07, 6.45) is -0.268. The fourth-order valence-electron chi connectivity index (χ4n) is 3.43. The first-order valence-electron chi connectivity index (χ1n) is 8.73. The molecule has 0 aliphatic carbocycles. The molecule has 0 radical (unpaired) electrons. The highest BCUT2D eigenvalue weighted by Gasteiger charge is 2.36. The molecule has 2 aromatic carbocycles. The Kier molecular flexibility index (Phi) is 6.82. The van der Waals surface area contributed by atoms with Gasteiger partial charge in [-0.1, -0.05) is 74.5 Å². The van der Waals surface area contributed by atoms with Gasteiger partial charge in [0.15, 0.2) is 0 Å². The summed E-state index contributed by atoms with van der Waals surface area (Å²) < 4.78 is 0. The summed E-state index contributed by atoms with van der Waals surface area (Å²) in [5.41, 5.74) is 2.69. The third-order valence-corrected chi connectivity index (χ3v) is 4.54. The summed E-state index contributed by atoms with van der Waals surface area (Å²) >= 11 is 0. The Bertz CT molecular complexity index is 553. The van der Waals surface area contributed by atoms with Gasteiger partial charge < -0.3 is 5.11 Å². The number of aliphatic hydroxyl groups excluding tert-OH is 1. The standard InChI is InChI=1S/C19H23NO.C2H6/c1-15(21)18-13-20(12-16-8-4-2-5-9-16)14-19(18)17-10-6-3-7-11-17;1-2/h2-11,15,18-19,21H,12-14H2,1H3;1-2H3/t15-,18-,19-;/m0./s1. The number of aliphatic hydroxyl groups is 1. The third kappa shape index (κ3) is 4.66. The van der Waals surface area contributed by atoms with Crippen molar-refractivity contribution >= 4 is 0 Å². The molecule has 2 nitrogen and oxygen atoms in total. The maximum absolute atomic E-state index is 10.1. The van der Waals surface area contributed by atoms with Crippen molar-refractivity contribution in [1.82, 2.24) is 4.90 Å². The summed E-state index contributed by atoms with van der Waals surface area (Å²) in [6, 6.07) is 21.2. The molecule has 124 valence electrons. The van der Waals surface area contributed by atoms with Crippen LogP contribution in [-0.2, 0) is 6.54 Å². The van der Waals surface area contributed by atoms with Crippen molar-refractivity contribution < 1.29 is 5.11 Å². The Morgan fingerprint density at radius 1 is 0.957 bits per heavy atom. The molecule has 3 atom stereocenters. The first kappa shape index (κ1) is 17.7. The molecular weight excluding hydrogens is 282 g/mol. The van der Waals surface area contributed by atoms with Gasteiger partial charge in [-0.3, -0.25) is 4.90 Å². The second-order valence-electron chi connectivity index (χ2n) is 6.10. The van der Waals surface area contributed by atoms with Crippen molar-refractivity contribution in [1.29, 1.82) is 0 Å². The minimum atomic E-state index is -0.268. The Labute approximate surface area is 140 Å². The van der Waals surface area contributed by atoms with Crippen LogP contribution in [0.1, 0.15) is 37.8 Å². The zero-order valence-electron chi connectivity index (χ0n) is 14.5. The van der Waals surface area contributed by atoms with Crippen LogP contribution in [0.2, 0.25) is 0 Å². The van der Waals surface area contributed by atoms with E-state index in [1.807, 2.05) is 20.8 Å². The van der Waals surface area contributed by atoms with Crippen molar-refractivity contribution in [2.24, 2.45) is 5.92 Å². The topological polar surface area (TPSA) is 23.5 Å². The van der Waals surface area contributed by atoms with E-state index in [1.54, 1.807) is 0 Å². The van der Waals surface area contributed by atoms with Crippen LogP contribution in [0.15, 0.2) is 60.7 Å². The van der Waals surface area contributed by atoms with Crippen LogP contribution in [0.4, 0.5) is 0 Å². The summed E-state index contributed by atoms with van der Waals surface area (Å²) in [6.45, 7) is 8.88. The Hall–Kier alpha value is -1.64. The minimum Gasteiger partial charge on any atom is -0.393 e. The molecule has 0 spiro atoms. The average Bonchev–Trinajstić information content (AvgIpc) is 3.02. The molecule has 1 N–H and O–H groups in total. The molecule has 3 rings (SSSR count). The first-order valence-corrected chi connectivity index (χ1v) is 8.73. The maximum Gasteiger partial charge on any atom is 0.0558 e. The molecule has 1 saturated heterocycles. The number of benzene rings is 2. The van der Waals surface area contributed by atoms with E-state index in [4.69, 9.17) is 0 Å². The minimum absolute atomic E-state index is 0.268. The number of hydrogen-bond acceptors (Lipinski definition) is 2. The summed E-state index contributed by atoms with van der Waals surface area (Å²) in [5.74, 6) is 0.742. The third-order valence-electron chi connectivity index (χ3n) is 4.54. The number of rotatable bonds is 4. The smallest absolute Gasteiger partial charge is 0.0558 e. The van der Waals surface area contributed by atoms with Gasteiger partial charge in [-0.05, 0) is 18.1 Å². The lowest BCUT2D eigenvalue weighted by Gasteiger charge is -2.21. The summed E-state index contributed by atoms with van der Waals surface area (Å²) in [5, 5.41) is 10.1. The zero-order chi connectivity index (χ0) is 16.7. The van der Waals surface area contributed by atoms with E-state index in [-0.39, 0.29) is 6.10 Å². The van der Waals surface area contributed by atoms with E-state index in [0.29, 0.717) is 11.8 Å². The lowest BCUT2D eigenvalue weighted by molar-refractivity contribution is 0.120. The van der Waals surface area contributed by atoms with Crippen molar-refractivity contribution in [3.8, 4) is 0 Å². The fraction of sp³-hybridized carbons (Fsp3) is 0.429. The Morgan fingerprint density at radius 3 is 2.09 bits per heavy atom. The van der Waals surface area contributed by atoms with E-state index in [0.717, 1.165) is 19.6 Å². The lowest BCUT2D eigenvalue weighted by Crippen LogP contribution is -2.25. The van der Waals surface area contributed by atoms with Crippen LogP contribution in [-0.4, -0.2) is 29.2 Å². The summed E-state index contributed by atoms with van der Waals surface area (Å²) in [7, 11) is 0. The largest absolute Gasteiger partial charge is 0.393 e. The van der Waals surface area contributed by atoms with Crippen LogP contribution >= 0.6 is 0 Å². The fourth-order valence-corrected chi connectivity index (χ4v) is 3.43. The van der Waals surface area contributed by atoms with Gasteiger partial charge in [0, 0.05) is 31.5 Å². The molecule has 1 heterocycles. The van der Waals surface area contributed by atoms with E-state index >= 15 is 0 Å². The van der Waals surface area contributed by atoms with Crippen LogP contribution in [0.3, 0.4) is 0 Å². The normalized spacial score (nSPS) is 22.3. The van der Waals surface area contributed by atoms with Crippen molar-refractivity contribution in [2.75, 3.05) is 13.1 Å². The maximum atomic E-state index is 10.1. The highest BCUT2D eigenvalue weighted by Crippen LogP contribution is 2.35. The van der Waals surface area contributed by atoms with Crippen LogP contribution < -0.4 is 0 Å². The van der Waals surface area contributed by atoms with Crippen LogP contribution in [0, 0.1) is 5.92 Å². The first-order chi connectivity index (χ1) is 11.2. The molecule has 1 aliphatic rings. The van der Waals surface area contributed by atoms with Gasteiger partial charge in [-0.25, -0.2) is 0 Å². The molecule has 1 aliphatic heterocycles. The van der Waals surface area contributed by atoms with Crippen molar-refractivity contribution in [3.05, 3.63) is 71.8 Å². The highest BCUT2D eigenvalue weighted by molar-refractivity contribution is 5.23. The van der Waals surface area contributed by atoms with Gasteiger partial charge in [0.05, 0.1) is 6.10 Å². The van der Waals surface area contributed by atoms with Crippen LogP contribution in [0.25, 0.3) is 0 Å². The molecule has 0 bridgehead atoms. The molecule has 0 saturated carbocycles. The molecule has 0 amide bonds. The van der Waals surface area contributed by atoms with Crippen molar-refractivity contribution in [2.45, 2.75) is 39.3 Å². The molecule has 23 heavy (non-hydrogen) atoms. The van der Waals surface area contributed by atoms with E-state index in [2.05, 4.69) is 65.6 Å². The molecule has 2 aromatic rings. The second-order valence-corrected chi connectivity index (χ2v) is 6.10.